The summed E-state index contributed by atoms with van der Waals surface area (Å²) in [6.45, 7) is 2.56. The first-order chi connectivity index (χ1) is 11.8. The Bertz CT molecular complexity index is 475. The summed E-state index contributed by atoms with van der Waals surface area (Å²) in [4.78, 5) is 0. The Morgan fingerprint density at radius 2 is 1.75 bits per heavy atom. The maximum atomic E-state index is 5.81. The van der Waals surface area contributed by atoms with Gasteiger partial charge in [-0.1, -0.05) is 23.8 Å². The van der Waals surface area contributed by atoms with Crippen molar-refractivity contribution in [3.63, 3.8) is 0 Å². The smallest absolute Gasteiger partial charge is 0.119 e. The fraction of sp³-hybridized carbons (Fsp3) is 0.600. The Hall–Kier alpha value is -1.36. The molecule has 1 unspecified atom stereocenters. The first-order valence-corrected chi connectivity index (χ1v) is 8.83. The second-order valence-electron chi connectivity index (χ2n) is 6.17. The zero-order valence-electron chi connectivity index (χ0n) is 15.0. The zero-order valence-corrected chi connectivity index (χ0v) is 15.0. The largest absolute Gasteiger partial charge is 0.491 e. The summed E-state index contributed by atoms with van der Waals surface area (Å²) >= 11 is 0. The standard InChI is InChI=1S/C20H30O4/c1-21-12-3-4-13-23-15-20(22-2)16-24-19-10-8-18(9-11-19)14-17-6-5-7-17/h8-11,14,20H,3-7,12-13,15-16H2,1-2H3. The normalized spacial score (nSPS) is 15.0. The third-order valence-electron chi connectivity index (χ3n) is 4.21. The van der Waals surface area contributed by atoms with E-state index in [1.165, 1.54) is 24.8 Å². The first kappa shape index (κ1) is 19.0. The summed E-state index contributed by atoms with van der Waals surface area (Å²) in [6, 6.07) is 8.25. The number of rotatable bonds is 12. The molecule has 0 saturated heterocycles. The zero-order chi connectivity index (χ0) is 17.0. The van der Waals surface area contributed by atoms with E-state index in [1.807, 2.05) is 12.1 Å². The quantitative estimate of drug-likeness (QED) is 0.540. The highest BCUT2D eigenvalue weighted by atomic mass is 16.6. The van der Waals surface area contributed by atoms with Gasteiger partial charge in [0.1, 0.15) is 18.5 Å². The number of methoxy groups -OCH3 is 2. The second-order valence-corrected chi connectivity index (χ2v) is 6.17. The van der Waals surface area contributed by atoms with Crippen molar-refractivity contribution < 1.29 is 18.9 Å². The van der Waals surface area contributed by atoms with Crippen LogP contribution in [0.5, 0.6) is 5.75 Å². The lowest BCUT2D eigenvalue weighted by Crippen LogP contribution is -2.26. The summed E-state index contributed by atoms with van der Waals surface area (Å²) < 4.78 is 21.9. The van der Waals surface area contributed by atoms with Crippen molar-refractivity contribution in [1.29, 1.82) is 0 Å². The first-order valence-electron chi connectivity index (χ1n) is 8.83. The number of allylic oxidation sites excluding steroid dienone is 1. The molecule has 1 aromatic rings. The average Bonchev–Trinajstić information content (AvgIpc) is 2.58. The Kier molecular flexibility index (Phi) is 8.88. The SMILES string of the molecule is COCCCCOCC(COc1ccc(C=C2CCC2)cc1)OC. The second kappa shape index (κ2) is 11.2. The molecule has 0 N–H and O–H groups in total. The molecule has 0 bridgehead atoms. The van der Waals surface area contributed by atoms with E-state index in [1.54, 1.807) is 19.8 Å². The molecule has 0 spiro atoms. The van der Waals surface area contributed by atoms with Crippen molar-refractivity contribution in [2.24, 2.45) is 0 Å². The van der Waals surface area contributed by atoms with Gasteiger partial charge >= 0.3 is 0 Å². The van der Waals surface area contributed by atoms with E-state index < -0.39 is 0 Å². The molecule has 1 aromatic carbocycles. The molecule has 1 aliphatic rings. The number of ether oxygens (including phenoxy) is 4. The van der Waals surface area contributed by atoms with Gasteiger partial charge in [0.15, 0.2) is 0 Å². The van der Waals surface area contributed by atoms with Crippen LogP contribution in [0.4, 0.5) is 0 Å². The predicted octanol–water partition coefficient (Wildman–Crippen LogP) is 4.09. The van der Waals surface area contributed by atoms with Crippen LogP contribution in [0.25, 0.3) is 6.08 Å². The average molecular weight is 334 g/mol. The summed E-state index contributed by atoms with van der Waals surface area (Å²) in [6.07, 6.45) is 8.08. The maximum Gasteiger partial charge on any atom is 0.119 e. The van der Waals surface area contributed by atoms with E-state index in [0.717, 1.165) is 31.8 Å². The molecule has 1 aliphatic carbocycles. The van der Waals surface area contributed by atoms with Crippen LogP contribution in [-0.4, -0.2) is 46.8 Å². The molecule has 4 nitrogen and oxygen atoms in total. The topological polar surface area (TPSA) is 36.9 Å². The molecule has 1 atom stereocenters. The summed E-state index contributed by atoms with van der Waals surface area (Å²) in [5.74, 6) is 0.868. The molecule has 24 heavy (non-hydrogen) atoms. The summed E-state index contributed by atoms with van der Waals surface area (Å²) in [5, 5.41) is 0. The van der Waals surface area contributed by atoms with Crippen LogP contribution in [-0.2, 0) is 14.2 Å². The fourth-order valence-corrected chi connectivity index (χ4v) is 2.46. The lowest BCUT2D eigenvalue weighted by molar-refractivity contribution is -0.0158. The van der Waals surface area contributed by atoms with E-state index in [4.69, 9.17) is 18.9 Å². The van der Waals surface area contributed by atoms with Gasteiger partial charge in [0.05, 0.1) is 6.61 Å². The van der Waals surface area contributed by atoms with Gasteiger partial charge in [0.25, 0.3) is 0 Å². The molecule has 0 aromatic heterocycles. The van der Waals surface area contributed by atoms with Gasteiger partial charge in [-0.25, -0.2) is 0 Å². The summed E-state index contributed by atoms with van der Waals surface area (Å²) in [7, 11) is 3.41. The lowest BCUT2D eigenvalue weighted by Gasteiger charge is -2.17. The van der Waals surface area contributed by atoms with Gasteiger partial charge < -0.3 is 18.9 Å². The Labute approximate surface area is 145 Å². The minimum atomic E-state index is -0.0517. The van der Waals surface area contributed by atoms with Crippen LogP contribution >= 0.6 is 0 Å². The third kappa shape index (κ3) is 7.04. The molecule has 4 heteroatoms. The van der Waals surface area contributed by atoms with E-state index >= 15 is 0 Å². The van der Waals surface area contributed by atoms with Crippen LogP contribution in [0.15, 0.2) is 29.8 Å². The molecular formula is C20H30O4. The highest BCUT2D eigenvalue weighted by Gasteiger charge is 2.10. The molecule has 0 aliphatic heterocycles. The van der Waals surface area contributed by atoms with Crippen molar-refractivity contribution >= 4 is 6.08 Å². The monoisotopic (exact) mass is 334 g/mol. The predicted molar refractivity (Wildman–Crippen MR) is 96.5 cm³/mol. The Morgan fingerprint density at radius 3 is 2.38 bits per heavy atom. The number of hydrogen-bond acceptors (Lipinski definition) is 4. The number of hydrogen-bond donors (Lipinski definition) is 0. The molecule has 1 fully saturated rings. The maximum absolute atomic E-state index is 5.81. The van der Waals surface area contributed by atoms with Crippen LogP contribution in [0.1, 0.15) is 37.7 Å². The molecule has 2 rings (SSSR count). The van der Waals surface area contributed by atoms with E-state index in [-0.39, 0.29) is 6.10 Å². The molecule has 0 heterocycles. The molecule has 0 amide bonds. The van der Waals surface area contributed by atoms with Gasteiger partial charge in [-0.05, 0) is 49.8 Å². The molecule has 0 radical (unpaired) electrons. The Morgan fingerprint density at radius 1 is 1.00 bits per heavy atom. The van der Waals surface area contributed by atoms with Crippen LogP contribution in [0.3, 0.4) is 0 Å². The van der Waals surface area contributed by atoms with Crippen LogP contribution in [0.2, 0.25) is 0 Å². The molecule has 134 valence electrons. The molecule has 1 saturated carbocycles. The highest BCUT2D eigenvalue weighted by Crippen LogP contribution is 2.27. The van der Waals surface area contributed by atoms with Crippen LogP contribution < -0.4 is 4.74 Å². The van der Waals surface area contributed by atoms with Gasteiger partial charge in [-0.2, -0.15) is 0 Å². The van der Waals surface area contributed by atoms with E-state index in [2.05, 4.69) is 18.2 Å². The molecular weight excluding hydrogens is 304 g/mol. The minimum absolute atomic E-state index is 0.0517. The highest BCUT2D eigenvalue weighted by molar-refractivity contribution is 5.55. The number of benzene rings is 1. The van der Waals surface area contributed by atoms with Gasteiger partial charge in [-0.3, -0.25) is 0 Å². The van der Waals surface area contributed by atoms with Crippen molar-refractivity contribution in [1.82, 2.24) is 0 Å². The van der Waals surface area contributed by atoms with Crippen molar-refractivity contribution in [2.75, 3.05) is 40.6 Å². The van der Waals surface area contributed by atoms with Crippen molar-refractivity contribution in [3.8, 4) is 5.75 Å². The van der Waals surface area contributed by atoms with Crippen molar-refractivity contribution in [2.45, 2.75) is 38.2 Å². The number of unbranched alkanes of at least 4 members (excludes halogenated alkanes) is 1. The van der Waals surface area contributed by atoms with Crippen molar-refractivity contribution in [3.05, 3.63) is 35.4 Å². The third-order valence-corrected chi connectivity index (χ3v) is 4.21. The Balaban J connectivity index is 1.64. The minimum Gasteiger partial charge on any atom is -0.491 e. The van der Waals surface area contributed by atoms with E-state index in [9.17, 15) is 0 Å². The van der Waals surface area contributed by atoms with Gasteiger partial charge in [-0.15, -0.1) is 0 Å². The van der Waals surface area contributed by atoms with Gasteiger partial charge in [0, 0.05) is 27.4 Å². The fourth-order valence-electron chi connectivity index (χ4n) is 2.46. The van der Waals surface area contributed by atoms with Crippen LogP contribution in [0, 0.1) is 0 Å². The summed E-state index contributed by atoms with van der Waals surface area (Å²) in [5.41, 5.74) is 2.80. The van der Waals surface area contributed by atoms with Gasteiger partial charge in [0.2, 0.25) is 0 Å². The van der Waals surface area contributed by atoms with E-state index in [0.29, 0.717) is 13.2 Å². The lowest BCUT2D eigenvalue weighted by atomic mass is 9.91.